The number of hydrogen-bond acceptors (Lipinski definition) is 6. The van der Waals surface area contributed by atoms with Crippen LogP contribution in [0.4, 0.5) is 16.6 Å². The Kier molecular flexibility index (Phi) is 4.65. The lowest BCUT2D eigenvalue weighted by atomic mass is 10.1. The molecular weight excluding hydrogens is 342 g/mol. The predicted molar refractivity (Wildman–Crippen MR) is 101 cm³/mol. The molecule has 4 rings (SSSR count). The summed E-state index contributed by atoms with van der Waals surface area (Å²) in [5.41, 5.74) is 2.07. The van der Waals surface area contributed by atoms with Gasteiger partial charge in [0.15, 0.2) is 0 Å². The van der Waals surface area contributed by atoms with Crippen molar-refractivity contribution in [2.24, 2.45) is 0 Å². The molecule has 0 radical (unpaired) electrons. The van der Waals surface area contributed by atoms with Gasteiger partial charge in [-0.3, -0.25) is 9.88 Å². The molecule has 1 aromatic carbocycles. The van der Waals surface area contributed by atoms with Gasteiger partial charge in [0.05, 0.1) is 6.04 Å². The van der Waals surface area contributed by atoms with Crippen LogP contribution in [0.3, 0.4) is 0 Å². The Balaban J connectivity index is 1.58. The lowest BCUT2D eigenvalue weighted by Crippen LogP contribution is -2.28. The summed E-state index contributed by atoms with van der Waals surface area (Å²) >= 11 is 0. The Morgan fingerprint density at radius 1 is 1.11 bits per heavy atom. The summed E-state index contributed by atoms with van der Waals surface area (Å²) < 4.78 is 5.26. The second-order valence-electron chi connectivity index (χ2n) is 6.26. The van der Waals surface area contributed by atoms with Crippen molar-refractivity contribution in [3.63, 3.8) is 0 Å². The smallest absolute Gasteiger partial charge is 0.416 e. The first kappa shape index (κ1) is 17.0. The summed E-state index contributed by atoms with van der Waals surface area (Å²) in [4.78, 5) is 26.7. The molecule has 1 saturated heterocycles. The Hall–Kier alpha value is -3.48. The number of aromatic nitrogens is 3. The number of pyridine rings is 1. The zero-order chi connectivity index (χ0) is 18.6. The van der Waals surface area contributed by atoms with Crippen LogP contribution >= 0.6 is 0 Å². The summed E-state index contributed by atoms with van der Waals surface area (Å²) in [5, 5.41) is 3.28. The molecule has 2 aromatic heterocycles. The molecule has 1 aliphatic rings. The highest BCUT2D eigenvalue weighted by atomic mass is 16.6. The van der Waals surface area contributed by atoms with Crippen molar-refractivity contribution in [2.75, 3.05) is 16.8 Å². The Morgan fingerprint density at radius 2 is 1.89 bits per heavy atom. The quantitative estimate of drug-likeness (QED) is 0.746. The van der Waals surface area contributed by atoms with Gasteiger partial charge in [0.1, 0.15) is 18.5 Å². The minimum Gasteiger partial charge on any atom is -0.447 e. The molecule has 3 aromatic rings. The molecule has 7 heteroatoms. The highest BCUT2D eigenvalue weighted by Crippen LogP contribution is 2.32. The van der Waals surface area contributed by atoms with Crippen LogP contribution in [0.2, 0.25) is 0 Å². The normalized spacial score (nSPS) is 17.4. The van der Waals surface area contributed by atoms with Crippen molar-refractivity contribution in [3.8, 4) is 0 Å². The van der Waals surface area contributed by atoms with Crippen LogP contribution in [0.5, 0.6) is 0 Å². The van der Waals surface area contributed by atoms with Gasteiger partial charge in [-0.2, -0.15) is 4.98 Å². The molecule has 0 saturated carbocycles. The van der Waals surface area contributed by atoms with E-state index in [2.05, 4.69) is 20.3 Å². The highest BCUT2D eigenvalue weighted by molar-refractivity contribution is 5.89. The van der Waals surface area contributed by atoms with Gasteiger partial charge in [-0.25, -0.2) is 9.78 Å². The van der Waals surface area contributed by atoms with Gasteiger partial charge >= 0.3 is 6.09 Å². The number of anilines is 2. The Bertz CT molecular complexity index is 920. The number of benzene rings is 1. The Morgan fingerprint density at radius 3 is 2.67 bits per heavy atom. The lowest BCUT2D eigenvalue weighted by Gasteiger charge is -2.21. The third kappa shape index (κ3) is 3.57. The van der Waals surface area contributed by atoms with E-state index in [0.29, 0.717) is 11.8 Å². The first-order chi connectivity index (χ1) is 13.2. The lowest BCUT2D eigenvalue weighted by molar-refractivity contribution is 0.179. The summed E-state index contributed by atoms with van der Waals surface area (Å²) in [6.07, 6.45) is 4.62. The number of rotatable bonds is 5. The minimum absolute atomic E-state index is 0.0305. The molecule has 0 bridgehead atoms. The SMILES string of the molecule is C[C@H](Nc1nccc(N2C(=O)OC[C@@H]2c2ccncc2)n1)c1ccccc1. The van der Waals surface area contributed by atoms with Crippen molar-refractivity contribution in [1.29, 1.82) is 0 Å². The molecule has 0 spiro atoms. The highest BCUT2D eigenvalue weighted by Gasteiger charge is 2.36. The van der Waals surface area contributed by atoms with Gasteiger partial charge < -0.3 is 10.1 Å². The molecule has 1 fully saturated rings. The molecule has 27 heavy (non-hydrogen) atoms. The van der Waals surface area contributed by atoms with E-state index < -0.39 is 6.09 Å². The van der Waals surface area contributed by atoms with E-state index in [1.807, 2.05) is 49.4 Å². The largest absolute Gasteiger partial charge is 0.447 e. The monoisotopic (exact) mass is 361 g/mol. The first-order valence-corrected chi connectivity index (χ1v) is 8.73. The average Bonchev–Trinajstić information content (AvgIpc) is 3.11. The molecule has 136 valence electrons. The van der Waals surface area contributed by atoms with Crippen molar-refractivity contribution < 1.29 is 9.53 Å². The molecule has 1 aliphatic heterocycles. The van der Waals surface area contributed by atoms with Crippen LogP contribution in [-0.4, -0.2) is 27.7 Å². The van der Waals surface area contributed by atoms with Crippen molar-refractivity contribution >= 4 is 17.9 Å². The third-order valence-corrected chi connectivity index (χ3v) is 4.50. The van der Waals surface area contributed by atoms with E-state index in [4.69, 9.17) is 4.74 Å². The number of carbonyl (C=O) groups is 1. The topological polar surface area (TPSA) is 80.2 Å². The standard InChI is InChI=1S/C20H19N5O2/c1-14(15-5-3-2-4-6-15)23-19-22-12-9-18(24-19)25-17(13-27-20(25)26)16-7-10-21-11-8-16/h2-12,14,17H,13H2,1H3,(H,22,23,24)/t14-,17+/m0/s1. The minimum atomic E-state index is -0.419. The molecular formula is C20H19N5O2. The number of cyclic esters (lactones) is 1. The van der Waals surface area contributed by atoms with E-state index >= 15 is 0 Å². The number of ether oxygens (including phenoxy) is 1. The van der Waals surface area contributed by atoms with Crippen molar-refractivity contribution in [2.45, 2.75) is 19.0 Å². The second kappa shape index (κ2) is 7.41. The van der Waals surface area contributed by atoms with Crippen molar-refractivity contribution in [3.05, 3.63) is 78.2 Å². The number of amides is 1. The molecule has 3 heterocycles. The number of nitrogens with zero attached hydrogens (tertiary/aromatic N) is 4. The summed E-state index contributed by atoms with van der Waals surface area (Å²) in [7, 11) is 0. The van der Waals surface area contributed by atoms with E-state index in [-0.39, 0.29) is 18.7 Å². The number of hydrogen-bond donors (Lipinski definition) is 1. The second-order valence-corrected chi connectivity index (χ2v) is 6.26. The van der Waals surface area contributed by atoms with E-state index in [0.717, 1.165) is 11.1 Å². The van der Waals surface area contributed by atoms with Gasteiger partial charge in [0.25, 0.3) is 0 Å². The van der Waals surface area contributed by atoms with Gasteiger partial charge in [-0.1, -0.05) is 30.3 Å². The molecule has 2 atom stereocenters. The fourth-order valence-electron chi connectivity index (χ4n) is 3.08. The number of carbonyl (C=O) groups excluding carboxylic acids is 1. The fourth-order valence-corrected chi connectivity index (χ4v) is 3.08. The number of nitrogens with one attached hydrogen (secondary N) is 1. The van der Waals surface area contributed by atoms with Crippen LogP contribution < -0.4 is 10.2 Å². The van der Waals surface area contributed by atoms with E-state index in [1.165, 1.54) is 0 Å². The first-order valence-electron chi connectivity index (χ1n) is 8.73. The molecule has 1 amide bonds. The maximum absolute atomic E-state index is 12.3. The van der Waals surface area contributed by atoms with Crippen LogP contribution in [-0.2, 0) is 4.74 Å². The van der Waals surface area contributed by atoms with Crippen LogP contribution in [0.15, 0.2) is 67.1 Å². The van der Waals surface area contributed by atoms with Gasteiger partial charge in [0, 0.05) is 18.6 Å². The average molecular weight is 361 g/mol. The molecule has 7 nitrogen and oxygen atoms in total. The zero-order valence-corrected chi connectivity index (χ0v) is 14.8. The van der Waals surface area contributed by atoms with E-state index in [9.17, 15) is 4.79 Å². The predicted octanol–water partition coefficient (Wildman–Crippen LogP) is 3.74. The van der Waals surface area contributed by atoms with Crippen LogP contribution in [0.1, 0.15) is 30.1 Å². The van der Waals surface area contributed by atoms with Gasteiger partial charge in [0.2, 0.25) is 5.95 Å². The summed E-state index contributed by atoms with van der Waals surface area (Å²) in [6, 6.07) is 15.3. The van der Waals surface area contributed by atoms with Crippen LogP contribution in [0, 0.1) is 0 Å². The maximum Gasteiger partial charge on any atom is 0.416 e. The zero-order valence-electron chi connectivity index (χ0n) is 14.8. The Labute approximate surface area is 157 Å². The van der Waals surface area contributed by atoms with Gasteiger partial charge in [-0.15, -0.1) is 0 Å². The fraction of sp³-hybridized carbons (Fsp3) is 0.200. The summed E-state index contributed by atoms with van der Waals surface area (Å²) in [6.45, 7) is 2.31. The third-order valence-electron chi connectivity index (χ3n) is 4.50. The maximum atomic E-state index is 12.3. The summed E-state index contributed by atoms with van der Waals surface area (Å²) in [5.74, 6) is 0.953. The van der Waals surface area contributed by atoms with Crippen molar-refractivity contribution in [1.82, 2.24) is 15.0 Å². The van der Waals surface area contributed by atoms with Crippen LogP contribution in [0.25, 0.3) is 0 Å². The van der Waals surface area contributed by atoms with E-state index in [1.54, 1.807) is 29.6 Å². The van der Waals surface area contributed by atoms with Gasteiger partial charge in [-0.05, 0) is 36.2 Å². The molecule has 0 unspecified atom stereocenters. The molecule has 1 N–H and O–H groups in total. The molecule has 0 aliphatic carbocycles.